The highest BCUT2D eigenvalue weighted by molar-refractivity contribution is 5.89. The summed E-state index contributed by atoms with van der Waals surface area (Å²) in [5, 5.41) is 3.40. The second-order valence-electron chi connectivity index (χ2n) is 7.90. The zero-order chi connectivity index (χ0) is 22.8. The van der Waals surface area contributed by atoms with Gasteiger partial charge in [0.05, 0.1) is 10.9 Å². The van der Waals surface area contributed by atoms with Gasteiger partial charge in [-0.25, -0.2) is 9.78 Å². The second-order valence-corrected chi connectivity index (χ2v) is 7.90. The predicted molar refractivity (Wildman–Crippen MR) is 126 cm³/mol. The van der Waals surface area contributed by atoms with Crippen molar-refractivity contribution in [1.82, 2.24) is 14.5 Å². The molecular weight excluding hydrogens is 422 g/mol. The van der Waals surface area contributed by atoms with Crippen molar-refractivity contribution >= 4 is 28.6 Å². The first-order valence-electron chi connectivity index (χ1n) is 10.9. The number of carbonyl (C=O) groups is 1. The molecule has 3 heterocycles. The lowest BCUT2D eigenvalue weighted by molar-refractivity contribution is 0.172. The lowest BCUT2D eigenvalue weighted by Crippen LogP contribution is -2.51. The molecule has 2 aliphatic rings. The molecule has 9 heteroatoms. The summed E-state index contributed by atoms with van der Waals surface area (Å²) >= 11 is 0. The van der Waals surface area contributed by atoms with Crippen LogP contribution in [0, 0.1) is 0 Å². The molecule has 0 bridgehead atoms. The molecule has 1 N–H and O–H groups in total. The van der Waals surface area contributed by atoms with Crippen molar-refractivity contribution in [3.63, 3.8) is 0 Å². The van der Waals surface area contributed by atoms with E-state index in [1.165, 1.54) is 0 Å². The number of allylic oxidation sites excluding steroid dienone is 1. The molecular formula is C24H25N5O4. The SMILES string of the molecule is C=CCn1c(N2CCN(C(=O)Nc3ccccc3)CC2)nc2cc3c(cc2c1=O)OCCO3. The van der Waals surface area contributed by atoms with Crippen LogP contribution in [0.25, 0.3) is 10.9 Å². The number of carbonyl (C=O) groups excluding carboxylic acids is 1. The fourth-order valence-corrected chi connectivity index (χ4v) is 4.11. The van der Waals surface area contributed by atoms with Gasteiger partial charge < -0.3 is 24.6 Å². The molecule has 0 radical (unpaired) electrons. The number of fused-ring (bicyclic) bond motifs is 2. The Kier molecular flexibility index (Phi) is 5.60. The Morgan fingerprint density at radius 3 is 2.45 bits per heavy atom. The number of benzene rings is 2. The molecule has 1 aromatic heterocycles. The summed E-state index contributed by atoms with van der Waals surface area (Å²) in [5.41, 5.74) is 1.16. The van der Waals surface area contributed by atoms with Crippen LogP contribution in [0.5, 0.6) is 11.5 Å². The van der Waals surface area contributed by atoms with Crippen LogP contribution >= 0.6 is 0 Å². The van der Waals surface area contributed by atoms with E-state index in [0.717, 1.165) is 5.69 Å². The van der Waals surface area contributed by atoms with Gasteiger partial charge in [0, 0.05) is 44.5 Å². The average molecular weight is 447 g/mol. The van der Waals surface area contributed by atoms with E-state index in [0.29, 0.717) is 74.3 Å². The zero-order valence-corrected chi connectivity index (χ0v) is 18.2. The van der Waals surface area contributed by atoms with Crippen LogP contribution < -0.4 is 25.2 Å². The highest BCUT2D eigenvalue weighted by Crippen LogP contribution is 2.33. The van der Waals surface area contributed by atoms with Gasteiger partial charge in [-0.2, -0.15) is 0 Å². The molecule has 1 fully saturated rings. The summed E-state index contributed by atoms with van der Waals surface area (Å²) in [5.74, 6) is 1.71. The molecule has 170 valence electrons. The molecule has 3 aromatic rings. The largest absolute Gasteiger partial charge is 0.486 e. The average Bonchev–Trinajstić information content (AvgIpc) is 2.85. The van der Waals surface area contributed by atoms with E-state index in [2.05, 4.69) is 11.9 Å². The van der Waals surface area contributed by atoms with E-state index in [-0.39, 0.29) is 11.6 Å². The molecule has 0 atom stereocenters. The number of nitrogens with one attached hydrogen (secondary N) is 1. The van der Waals surface area contributed by atoms with E-state index >= 15 is 0 Å². The minimum atomic E-state index is -0.156. The Morgan fingerprint density at radius 1 is 1.06 bits per heavy atom. The first-order chi connectivity index (χ1) is 16.1. The van der Waals surface area contributed by atoms with Gasteiger partial charge in [-0.05, 0) is 18.2 Å². The molecule has 2 amide bonds. The van der Waals surface area contributed by atoms with Crippen molar-refractivity contribution in [2.45, 2.75) is 6.54 Å². The topological polar surface area (TPSA) is 88.9 Å². The summed E-state index contributed by atoms with van der Waals surface area (Å²) in [6, 6.07) is 12.7. The quantitative estimate of drug-likeness (QED) is 0.619. The summed E-state index contributed by atoms with van der Waals surface area (Å²) in [6.07, 6.45) is 1.68. The van der Waals surface area contributed by atoms with Crippen molar-refractivity contribution in [2.24, 2.45) is 0 Å². The number of amides is 2. The monoisotopic (exact) mass is 447 g/mol. The number of piperazine rings is 1. The molecule has 1 saturated heterocycles. The van der Waals surface area contributed by atoms with Crippen molar-refractivity contribution in [3.8, 4) is 11.5 Å². The zero-order valence-electron chi connectivity index (χ0n) is 18.2. The number of para-hydroxylation sites is 1. The number of anilines is 2. The molecule has 2 aromatic carbocycles. The maximum Gasteiger partial charge on any atom is 0.321 e. The lowest BCUT2D eigenvalue weighted by Gasteiger charge is -2.36. The molecule has 33 heavy (non-hydrogen) atoms. The molecule has 0 aliphatic carbocycles. The molecule has 9 nitrogen and oxygen atoms in total. The van der Waals surface area contributed by atoms with Crippen molar-refractivity contribution in [3.05, 3.63) is 65.5 Å². The Labute approximate surface area is 190 Å². The van der Waals surface area contributed by atoms with Gasteiger partial charge >= 0.3 is 6.03 Å². The van der Waals surface area contributed by atoms with E-state index in [1.54, 1.807) is 27.7 Å². The number of ether oxygens (including phenoxy) is 2. The van der Waals surface area contributed by atoms with Gasteiger partial charge in [0.25, 0.3) is 5.56 Å². The van der Waals surface area contributed by atoms with Crippen LogP contribution in [-0.4, -0.2) is 59.9 Å². The van der Waals surface area contributed by atoms with Gasteiger partial charge in [0.1, 0.15) is 13.2 Å². The maximum atomic E-state index is 13.3. The Morgan fingerprint density at radius 2 is 1.76 bits per heavy atom. The lowest BCUT2D eigenvalue weighted by atomic mass is 10.2. The maximum absolute atomic E-state index is 13.3. The minimum Gasteiger partial charge on any atom is -0.486 e. The molecule has 2 aliphatic heterocycles. The smallest absolute Gasteiger partial charge is 0.321 e. The molecule has 0 unspecified atom stereocenters. The van der Waals surface area contributed by atoms with Crippen LogP contribution in [0.4, 0.5) is 16.4 Å². The highest BCUT2D eigenvalue weighted by atomic mass is 16.6. The van der Waals surface area contributed by atoms with Crippen LogP contribution in [0.1, 0.15) is 0 Å². The van der Waals surface area contributed by atoms with Gasteiger partial charge in [0.15, 0.2) is 11.5 Å². The van der Waals surface area contributed by atoms with Gasteiger partial charge in [-0.15, -0.1) is 6.58 Å². The Bertz CT molecular complexity index is 1250. The first-order valence-corrected chi connectivity index (χ1v) is 10.9. The fraction of sp³-hybridized carbons (Fsp3) is 0.292. The third-order valence-corrected chi connectivity index (χ3v) is 5.78. The molecule has 0 saturated carbocycles. The third-order valence-electron chi connectivity index (χ3n) is 5.78. The number of rotatable bonds is 4. The summed E-state index contributed by atoms with van der Waals surface area (Å²) in [6.45, 7) is 7.19. The minimum absolute atomic E-state index is 0.139. The van der Waals surface area contributed by atoms with Gasteiger partial charge in [0.2, 0.25) is 5.95 Å². The Balaban J connectivity index is 1.40. The molecule has 0 spiro atoms. The summed E-state index contributed by atoms with van der Waals surface area (Å²) < 4.78 is 12.9. The number of aromatic nitrogens is 2. The summed E-state index contributed by atoms with van der Waals surface area (Å²) in [7, 11) is 0. The van der Waals surface area contributed by atoms with Crippen molar-refractivity contribution in [1.29, 1.82) is 0 Å². The van der Waals surface area contributed by atoms with E-state index in [9.17, 15) is 9.59 Å². The van der Waals surface area contributed by atoms with E-state index in [4.69, 9.17) is 14.5 Å². The standard InChI is InChI=1S/C24H25N5O4/c1-2-8-29-22(30)18-15-20-21(33-14-13-32-20)16-19(18)26-23(29)27-9-11-28(12-10-27)24(31)25-17-6-4-3-5-7-17/h2-7,15-16H,1,8-14H2,(H,25,31). The van der Waals surface area contributed by atoms with Crippen molar-refractivity contribution in [2.75, 3.05) is 49.6 Å². The predicted octanol–water partition coefficient (Wildman–Crippen LogP) is 2.71. The van der Waals surface area contributed by atoms with Crippen LogP contribution in [0.15, 0.2) is 59.9 Å². The van der Waals surface area contributed by atoms with Crippen LogP contribution in [-0.2, 0) is 6.54 Å². The molecule has 5 rings (SSSR count). The number of urea groups is 1. The normalized spacial score (nSPS) is 15.4. The van der Waals surface area contributed by atoms with E-state index in [1.807, 2.05) is 35.2 Å². The van der Waals surface area contributed by atoms with E-state index < -0.39 is 0 Å². The van der Waals surface area contributed by atoms with Crippen LogP contribution in [0.3, 0.4) is 0 Å². The number of hydrogen-bond donors (Lipinski definition) is 1. The number of hydrogen-bond acceptors (Lipinski definition) is 6. The summed E-state index contributed by atoms with van der Waals surface area (Å²) in [4.78, 5) is 34.6. The van der Waals surface area contributed by atoms with Gasteiger partial charge in [-0.3, -0.25) is 9.36 Å². The number of nitrogens with zero attached hydrogens (tertiary/aromatic N) is 4. The second kappa shape index (κ2) is 8.85. The first kappa shape index (κ1) is 20.9. The van der Waals surface area contributed by atoms with Crippen molar-refractivity contribution < 1.29 is 14.3 Å². The van der Waals surface area contributed by atoms with Crippen LogP contribution in [0.2, 0.25) is 0 Å². The highest BCUT2D eigenvalue weighted by Gasteiger charge is 2.25. The Hall–Kier alpha value is -4.01. The fourth-order valence-electron chi connectivity index (χ4n) is 4.11. The third kappa shape index (κ3) is 4.09. The van der Waals surface area contributed by atoms with Gasteiger partial charge in [-0.1, -0.05) is 24.3 Å².